The van der Waals surface area contributed by atoms with E-state index in [9.17, 15) is 0 Å². The number of guanidine groups is 1. The van der Waals surface area contributed by atoms with Crippen molar-refractivity contribution in [1.82, 2.24) is 20.5 Å². The van der Waals surface area contributed by atoms with E-state index in [1.54, 1.807) is 7.05 Å². The molecule has 0 radical (unpaired) electrons. The topological polar surface area (TPSA) is 64.7 Å². The third kappa shape index (κ3) is 6.26. The van der Waals surface area contributed by atoms with Gasteiger partial charge in [0, 0.05) is 43.8 Å². The van der Waals surface area contributed by atoms with E-state index in [2.05, 4.69) is 69.0 Å². The average molecular weight is 408 g/mol. The number of nitrogens with zero attached hydrogens (tertiary/aromatic N) is 2. The van der Waals surface area contributed by atoms with Gasteiger partial charge in [0.05, 0.1) is 0 Å². The number of fused-ring (bicyclic) bond motifs is 1. The molecule has 0 saturated carbocycles. The second kappa shape index (κ2) is 10.7. The SMILES string of the molecule is CN=C(NCCc1c[nH]c2cc(C)ccc12)NCc1cccc(OCCN(C)C)c1. The normalized spacial score (nSPS) is 11.8. The number of ether oxygens (including phenoxy) is 1. The van der Waals surface area contributed by atoms with E-state index in [-0.39, 0.29) is 0 Å². The summed E-state index contributed by atoms with van der Waals surface area (Å²) >= 11 is 0. The van der Waals surface area contributed by atoms with Crippen LogP contribution in [0.4, 0.5) is 0 Å². The van der Waals surface area contributed by atoms with Crippen LogP contribution in [0, 0.1) is 6.92 Å². The predicted octanol–water partition coefficient (Wildman–Crippen LogP) is 3.32. The molecule has 0 atom stereocenters. The molecule has 6 nitrogen and oxygen atoms in total. The van der Waals surface area contributed by atoms with Gasteiger partial charge in [0.2, 0.25) is 0 Å². The first-order valence-electron chi connectivity index (χ1n) is 10.4. The van der Waals surface area contributed by atoms with Crippen LogP contribution in [0.5, 0.6) is 5.75 Å². The standard InChI is InChI=1S/C24H33N5O/c1-18-8-9-22-20(17-27-23(22)14-18)10-11-26-24(25-2)28-16-19-6-5-7-21(15-19)30-13-12-29(3)4/h5-9,14-15,17,27H,10-13,16H2,1-4H3,(H2,25,26,28). The Labute approximate surface area is 179 Å². The number of aromatic amines is 1. The number of aromatic nitrogens is 1. The van der Waals surface area contributed by atoms with Gasteiger partial charge in [-0.05, 0) is 62.3 Å². The minimum Gasteiger partial charge on any atom is -0.492 e. The molecule has 160 valence electrons. The summed E-state index contributed by atoms with van der Waals surface area (Å²) in [5.41, 5.74) is 4.94. The van der Waals surface area contributed by atoms with Crippen molar-refractivity contribution in [2.75, 3.05) is 40.8 Å². The Morgan fingerprint density at radius 1 is 1.13 bits per heavy atom. The molecule has 3 aromatic rings. The van der Waals surface area contributed by atoms with Gasteiger partial charge >= 0.3 is 0 Å². The summed E-state index contributed by atoms with van der Waals surface area (Å²) in [6.07, 6.45) is 3.03. The number of nitrogens with one attached hydrogen (secondary N) is 3. The molecule has 0 amide bonds. The summed E-state index contributed by atoms with van der Waals surface area (Å²) in [6.45, 7) is 5.20. The summed E-state index contributed by atoms with van der Waals surface area (Å²) in [6, 6.07) is 14.7. The van der Waals surface area contributed by atoms with Gasteiger partial charge in [0.1, 0.15) is 12.4 Å². The number of likely N-dealkylation sites (N-methyl/N-ethyl adjacent to an activating group) is 1. The van der Waals surface area contributed by atoms with Crippen LogP contribution in [0.15, 0.2) is 53.7 Å². The highest BCUT2D eigenvalue weighted by Gasteiger charge is 2.05. The highest BCUT2D eigenvalue weighted by Crippen LogP contribution is 2.19. The maximum absolute atomic E-state index is 5.82. The second-order valence-corrected chi connectivity index (χ2v) is 7.76. The fraction of sp³-hybridized carbons (Fsp3) is 0.375. The zero-order chi connectivity index (χ0) is 21.3. The van der Waals surface area contributed by atoms with E-state index >= 15 is 0 Å². The Hall–Kier alpha value is -2.99. The van der Waals surface area contributed by atoms with Crippen molar-refractivity contribution in [3.63, 3.8) is 0 Å². The van der Waals surface area contributed by atoms with Crippen LogP contribution in [0.2, 0.25) is 0 Å². The fourth-order valence-corrected chi connectivity index (χ4v) is 3.32. The summed E-state index contributed by atoms with van der Waals surface area (Å²) < 4.78 is 5.82. The molecule has 0 aliphatic carbocycles. The number of hydrogen-bond acceptors (Lipinski definition) is 3. The number of rotatable bonds is 9. The molecule has 0 fully saturated rings. The van der Waals surface area contributed by atoms with E-state index < -0.39 is 0 Å². The van der Waals surface area contributed by atoms with Crippen molar-refractivity contribution in [3.8, 4) is 5.75 Å². The number of benzene rings is 2. The van der Waals surface area contributed by atoms with Crippen LogP contribution >= 0.6 is 0 Å². The molecule has 1 aromatic heterocycles. The third-order valence-electron chi connectivity index (χ3n) is 5.00. The molecule has 3 N–H and O–H groups in total. The summed E-state index contributed by atoms with van der Waals surface area (Å²) in [4.78, 5) is 9.81. The zero-order valence-corrected chi connectivity index (χ0v) is 18.5. The molecule has 0 spiro atoms. The van der Waals surface area contributed by atoms with Crippen LogP contribution in [0.1, 0.15) is 16.7 Å². The molecular weight excluding hydrogens is 374 g/mol. The Morgan fingerprint density at radius 2 is 2.00 bits per heavy atom. The maximum Gasteiger partial charge on any atom is 0.191 e. The number of aryl methyl sites for hydroxylation is 1. The van der Waals surface area contributed by atoms with Gasteiger partial charge in [-0.2, -0.15) is 0 Å². The van der Waals surface area contributed by atoms with Crippen LogP contribution in [0.25, 0.3) is 10.9 Å². The van der Waals surface area contributed by atoms with Crippen molar-refractivity contribution in [3.05, 3.63) is 65.4 Å². The highest BCUT2D eigenvalue weighted by molar-refractivity contribution is 5.84. The molecule has 0 unspecified atom stereocenters. The minimum absolute atomic E-state index is 0.681. The van der Waals surface area contributed by atoms with Crippen molar-refractivity contribution in [2.24, 2.45) is 4.99 Å². The minimum atomic E-state index is 0.681. The molecule has 0 saturated heterocycles. The second-order valence-electron chi connectivity index (χ2n) is 7.76. The smallest absolute Gasteiger partial charge is 0.191 e. The molecule has 6 heteroatoms. The van der Waals surface area contributed by atoms with Crippen molar-refractivity contribution < 1.29 is 4.74 Å². The summed E-state index contributed by atoms with van der Waals surface area (Å²) in [5, 5.41) is 8.07. The first-order chi connectivity index (χ1) is 14.5. The first-order valence-corrected chi connectivity index (χ1v) is 10.4. The highest BCUT2D eigenvalue weighted by atomic mass is 16.5. The third-order valence-corrected chi connectivity index (χ3v) is 5.00. The maximum atomic E-state index is 5.82. The number of H-pyrrole nitrogens is 1. The molecular formula is C24H33N5O. The van der Waals surface area contributed by atoms with Crippen LogP contribution in [-0.2, 0) is 13.0 Å². The van der Waals surface area contributed by atoms with Crippen LogP contribution in [0.3, 0.4) is 0 Å². The van der Waals surface area contributed by atoms with Crippen LogP contribution < -0.4 is 15.4 Å². The summed E-state index contributed by atoms with van der Waals surface area (Å²) in [7, 11) is 5.88. The van der Waals surface area contributed by atoms with E-state index in [0.29, 0.717) is 13.2 Å². The summed E-state index contributed by atoms with van der Waals surface area (Å²) in [5.74, 6) is 1.69. The van der Waals surface area contributed by atoms with E-state index in [4.69, 9.17) is 4.74 Å². The van der Waals surface area contributed by atoms with Gasteiger partial charge in [-0.25, -0.2) is 0 Å². The average Bonchev–Trinajstić information content (AvgIpc) is 3.12. The van der Waals surface area contributed by atoms with Crippen molar-refractivity contribution in [1.29, 1.82) is 0 Å². The van der Waals surface area contributed by atoms with Gasteiger partial charge in [-0.3, -0.25) is 4.99 Å². The Bertz CT molecular complexity index is 977. The lowest BCUT2D eigenvalue weighted by Gasteiger charge is -2.14. The molecule has 3 rings (SSSR count). The Balaban J connectivity index is 1.46. The molecule has 2 aromatic carbocycles. The van der Waals surface area contributed by atoms with Gasteiger partial charge in [-0.15, -0.1) is 0 Å². The van der Waals surface area contributed by atoms with Gasteiger partial charge in [0.25, 0.3) is 0 Å². The van der Waals surface area contributed by atoms with E-state index in [0.717, 1.165) is 36.8 Å². The first kappa shape index (κ1) is 21.7. The fourth-order valence-electron chi connectivity index (χ4n) is 3.32. The van der Waals surface area contributed by atoms with Gasteiger partial charge in [0.15, 0.2) is 5.96 Å². The van der Waals surface area contributed by atoms with Crippen molar-refractivity contribution >= 4 is 16.9 Å². The van der Waals surface area contributed by atoms with E-state index in [1.807, 2.05) is 26.2 Å². The molecule has 30 heavy (non-hydrogen) atoms. The van der Waals surface area contributed by atoms with Crippen LogP contribution in [-0.4, -0.2) is 56.7 Å². The monoisotopic (exact) mass is 407 g/mol. The molecule has 0 bridgehead atoms. The molecule has 0 aliphatic heterocycles. The predicted molar refractivity (Wildman–Crippen MR) is 125 cm³/mol. The Morgan fingerprint density at radius 3 is 2.80 bits per heavy atom. The number of aliphatic imine (C=N–C) groups is 1. The van der Waals surface area contributed by atoms with Gasteiger partial charge in [-0.1, -0.05) is 24.3 Å². The molecule has 1 heterocycles. The zero-order valence-electron chi connectivity index (χ0n) is 18.5. The number of hydrogen-bond donors (Lipinski definition) is 3. The lowest BCUT2D eigenvalue weighted by atomic mass is 10.1. The quantitative estimate of drug-likeness (QED) is 0.376. The lowest BCUT2D eigenvalue weighted by Crippen LogP contribution is -2.37. The van der Waals surface area contributed by atoms with E-state index in [1.165, 1.54) is 22.0 Å². The Kier molecular flexibility index (Phi) is 7.74. The van der Waals surface area contributed by atoms with Gasteiger partial charge < -0.3 is 25.3 Å². The molecule has 0 aliphatic rings. The lowest BCUT2D eigenvalue weighted by molar-refractivity contribution is 0.261. The largest absolute Gasteiger partial charge is 0.492 e. The van der Waals surface area contributed by atoms with Crippen molar-refractivity contribution in [2.45, 2.75) is 19.9 Å².